The Morgan fingerprint density at radius 2 is 1.95 bits per heavy atom. The van der Waals surface area contributed by atoms with E-state index in [-0.39, 0.29) is 5.41 Å². The summed E-state index contributed by atoms with van der Waals surface area (Å²) in [6.45, 7) is 1.92. The Bertz CT molecular complexity index is 570. The van der Waals surface area contributed by atoms with Crippen molar-refractivity contribution in [1.82, 2.24) is 15.5 Å². The second-order valence-electron chi connectivity index (χ2n) is 5.61. The summed E-state index contributed by atoms with van der Waals surface area (Å²) in [6, 6.07) is 10.6. The zero-order chi connectivity index (χ0) is 12.7. The Morgan fingerprint density at radius 3 is 2.53 bits per heavy atom. The SMILES string of the molecule is c1ccc(C2(c3noc(C4CNC4)n3)CCC2)cc1. The molecule has 19 heavy (non-hydrogen) atoms. The first-order valence-electron chi connectivity index (χ1n) is 6.99. The molecule has 2 fully saturated rings. The maximum atomic E-state index is 5.47. The van der Waals surface area contributed by atoms with Crippen LogP contribution in [-0.4, -0.2) is 23.2 Å². The van der Waals surface area contributed by atoms with Gasteiger partial charge in [0, 0.05) is 13.1 Å². The van der Waals surface area contributed by atoms with E-state index in [4.69, 9.17) is 4.52 Å². The van der Waals surface area contributed by atoms with Crippen molar-refractivity contribution >= 4 is 0 Å². The summed E-state index contributed by atoms with van der Waals surface area (Å²) in [6.07, 6.45) is 3.49. The maximum Gasteiger partial charge on any atom is 0.232 e. The Morgan fingerprint density at radius 1 is 1.16 bits per heavy atom. The van der Waals surface area contributed by atoms with Crippen molar-refractivity contribution in [3.8, 4) is 0 Å². The predicted octanol–water partition coefficient (Wildman–Crippen LogP) is 2.23. The number of rotatable bonds is 3. The molecule has 0 spiro atoms. The highest BCUT2D eigenvalue weighted by molar-refractivity contribution is 5.35. The average Bonchev–Trinajstić information content (AvgIpc) is 2.76. The maximum absolute atomic E-state index is 5.47. The molecule has 98 valence electrons. The van der Waals surface area contributed by atoms with Gasteiger partial charge in [-0.1, -0.05) is 41.9 Å². The van der Waals surface area contributed by atoms with Crippen molar-refractivity contribution in [2.75, 3.05) is 13.1 Å². The first kappa shape index (κ1) is 11.2. The van der Waals surface area contributed by atoms with Crippen molar-refractivity contribution in [3.63, 3.8) is 0 Å². The summed E-state index contributed by atoms with van der Waals surface area (Å²) in [7, 11) is 0. The van der Waals surface area contributed by atoms with E-state index in [0.717, 1.165) is 37.6 Å². The van der Waals surface area contributed by atoms with Crippen LogP contribution in [0, 0.1) is 0 Å². The van der Waals surface area contributed by atoms with Gasteiger partial charge < -0.3 is 9.84 Å². The lowest BCUT2D eigenvalue weighted by atomic mass is 9.64. The van der Waals surface area contributed by atoms with Crippen LogP contribution in [0.5, 0.6) is 0 Å². The van der Waals surface area contributed by atoms with E-state index in [2.05, 4.69) is 45.8 Å². The fourth-order valence-electron chi connectivity index (χ4n) is 2.99. The van der Waals surface area contributed by atoms with Gasteiger partial charge in [0.25, 0.3) is 0 Å². The van der Waals surface area contributed by atoms with Gasteiger partial charge in [-0.05, 0) is 18.4 Å². The van der Waals surface area contributed by atoms with E-state index in [1.807, 2.05) is 0 Å². The molecule has 0 radical (unpaired) electrons. The molecular weight excluding hydrogens is 238 g/mol. The number of nitrogens with one attached hydrogen (secondary N) is 1. The van der Waals surface area contributed by atoms with Crippen LogP contribution in [0.2, 0.25) is 0 Å². The monoisotopic (exact) mass is 255 g/mol. The highest BCUT2D eigenvalue weighted by atomic mass is 16.5. The van der Waals surface area contributed by atoms with Gasteiger partial charge in [-0.2, -0.15) is 4.98 Å². The van der Waals surface area contributed by atoms with E-state index < -0.39 is 0 Å². The van der Waals surface area contributed by atoms with E-state index in [0.29, 0.717) is 5.92 Å². The lowest BCUT2D eigenvalue weighted by Gasteiger charge is -2.39. The standard InChI is InChI=1S/C15H17N3O/c1-2-5-12(6-3-1)15(7-4-8-15)14-17-13(19-18-14)11-9-16-10-11/h1-3,5-6,11,16H,4,7-10H2. The molecule has 0 atom stereocenters. The molecule has 1 aromatic carbocycles. The lowest BCUT2D eigenvalue weighted by molar-refractivity contribution is 0.266. The molecule has 1 aliphatic heterocycles. The van der Waals surface area contributed by atoms with Crippen LogP contribution in [-0.2, 0) is 5.41 Å². The molecule has 2 aromatic rings. The van der Waals surface area contributed by atoms with Crippen LogP contribution >= 0.6 is 0 Å². The Labute approximate surface area is 112 Å². The lowest BCUT2D eigenvalue weighted by Crippen LogP contribution is -2.40. The van der Waals surface area contributed by atoms with Gasteiger partial charge >= 0.3 is 0 Å². The molecular formula is C15H17N3O. The minimum atomic E-state index is 0.000184. The molecule has 1 saturated heterocycles. The summed E-state index contributed by atoms with van der Waals surface area (Å²) >= 11 is 0. The summed E-state index contributed by atoms with van der Waals surface area (Å²) in [4.78, 5) is 4.69. The Balaban J connectivity index is 1.70. The van der Waals surface area contributed by atoms with Crippen LogP contribution in [0.15, 0.2) is 34.9 Å². The largest absolute Gasteiger partial charge is 0.339 e. The number of hydrogen-bond donors (Lipinski definition) is 1. The fourth-order valence-corrected chi connectivity index (χ4v) is 2.99. The van der Waals surface area contributed by atoms with Gasteiger partial charge in [0.1, 0.15) is 0 Å². The van der Waals surface area contributed by atoms with Gasteiger partial charge in [0.15, 0.2) is 5.82 Å². The van der Waals surface area contributed by atoms with E-state index in [1.165, 1.54) is 12.0 Å². The van der Waals surface area contributed by atoms with Crippen molar-refractivity contribution < 1.29 is 4.52 Å². The van der Waals surface area contributed by atoms with E-state index in [1.54, 1.807) is 0 Å². The molecule has 0 unspecified atom stereocenters. The Hall–Kier alpha value is -1.68. The average molecular weight is 255 g/mol. The molecule has 2 aliphatic rings. The predicted molar refractivity (Wildman–Crippen MR) is 71.0 cm³/mol. The molecule has 1 aromatic heterocycles. The van der Waals surface area contributed by atoms with Gasteiger partial charge in [-0.25, -0.2) is 0 Å². The van der Waals surface area contributed by atoms with Crippen LogP contribution in [0.3, 0.4) is 0 Å². The second kappa shape index (κ2) is 4.17. The minimum absolute atomic E-state index is 0.000184. The van der Waals surface area contributed by atoms with Gasteiger partial charge in [-0.15, -0.1) is 0 Å². The number of nitrogens with zero attached hydrogens (tertiary/aromatic N) is 2. The molecule has 1 aliphatic carbocycles. The van der Waals surface area contributed by atoms with Gasteiger partial charge in [0.05, 0.1) is 11.3 Å². The third-order valence-corrected chi connectivity index (χ3v) is 4.53. The van der Waals surface area contributed by atoms with Crippen molar-refractivity contribution in [1.29, 1.82) is 0 Å². The topological polar surface area (TPSA) is 51.0 Å². The first-order chi connectivity index (χ1) is 9.38. The smallest absolute Gasteiger partial charge is 0.232 e. The molecule has 0 amide bonds. The van der Waals surface area contributed by atoms with Gasteiger partial charge in [0.2, 0.25) is 5.89 Å². The molecule has 4 rings (SSSR count). The second-order valence-corrected chi connectivity index (χ2v) is 5.61. The summed E-state index contributed by atoms with van der Waals surface area (Å²) in [5, 5.41) is 7.52. The van der Waals surface area contributed by atoms with E-state index in [9.17, 15) is 0 Å². The van der Waals surface area contributed by atoms with Crippen molar-refractivity contribution in [2.45, 2.75) is 30.6 Å². The molecule has 0 bridgehead atoms. The first-order valence-corrected chi connectivity index (χ1v) is 6.99. The summed E-state index contributed by atoms with van der Waals surface area (Å²) in [5.74, 6) is 2.09. The number of aromatic nitrogens is 2. The van der Waals surface area contributed by atoms with Crippen molar-refractivity contribution in [3.05, 3.63) is 47.6 Å². The molecule has 1 saturated carbocycles. The van der Waals surface area contributed by atoms with Crippen LogP contribution in [0.1, 0.15) is 42.5 Å². The highest BCUT2D eigenvalue weighted by Gasteiger charge is 2.44. The van der Waals surface area contributed by atoms with Crippen LogP contribution in [0.25, 0.3) is 0 Å². The third kappa shape index (κ3) is 1.63. The van der Waals surface area contributed by atoms with Gasteiger partial charge in [-0.3, -0.25) is 0 Å². The zero-order valence-electron chi connectivity index (χ0n) is 10.8. The molecule has 2 heterocycles. The number of hydrogen-bond acceptors (Lipinski definition) is 4. The zero-order valence-corrected chi connectivity index (χ0v) is 10.8. The molecule has 4 nitrogen and oxygen atoms in total. The summed E-state index contributed by atoms with van der Waals surface area (Å²) < 4.78 is 5.47. The number of benzene rings is 1. The normalized spacial score (nSPS) is 21.7. The third-order valence-electron chi connectivity index (χ3n) is 4.53. The fraction of sp³-hybridized carbons (Fsp3) is 0.467. The molecule has 4 heteroatoms. The molecule has 1 N–H and O–H groups in total. The van der Waals surface area contributed by atoms with E-state index >= 15 is 0 Å². The Kier molecular flexibility index (Phi) is 2.45. The minimum Gasteiger partial charge on any atom is -0.339 e. The summed E-state index contributed by atoms with van der Waals surface area (Å²) in [5.41, 5.74) is 1.32. The van der Waals surface area contributed by atoms with Crippen molar-refractivity contribution in [2.24, 2.45) is 0 Å². The van der Waals surface area contributed by atoms with Crippen LogP contribution < -0.4 is 5.32 Å². The highest BCUT2D eigenvalue weighted by Crippen LogP contribution is 2.47. The quantitative estimate of drug-likeness (QED) is 0.913. The van der Waals surface area contributed by atoms with Crippen LogP contribution in [0.4, 0.5) is 0 Å².